The molecule has 0 aromatic heterocycles. The average Bonchev–Trinajstić information content (AvgIpc) is 1.82. The lowest BCUT2D eigenvalue weighted by Crippen LogP contribution is -2.15. The third-order valence-electron chi connectivity index (χ3n) is 0.779. The van der Waals surface area contributed by atoms with E-state index in [4.69, 9.17) is 4.89 Å². The standard InChI is InChI=1S/C4H5F4O4P/c1-3(4(5,6)7)2-11-12-13(8,9)10/h1-2H2,(H,9,10). The third-order valence-corrected chi connectivity index (χ3v) is 1.07. The number of rotatable bonds is 4. The molecule has 1 N–H and O–H groups in total. The highest BCUT2D eigenvalue weighted by Gasteiger charge is 2.32. The van der Waals surface area contributed by atoms with E-state index in [1.165, 1.54) is 0 Å². The second kappa shape index (κ2) is 4.19. The quantitative estimate of drug-likeness (QED) is 0.261. The summed E-state index contributed by atoms with van der Waals surface area (Å²) in [6.07, 6.45) is -4.71. The van der Waals surface area contributed by atoms with E-state index in [1.54, 1.807) is 0 Å². The molecule has 0 saturated carbocycles. The zero-order valence-corrected chi connectivity index (χ0v) is 6.94. The van der Waals surface area contributed by atoms with Crippen molar-refractivity contribution in [3.63, 3.8) is 0 Å². The molecule has 0 amide bonds. The monoisotopic (exact) mass is 224 g/mol. The van der Waals surface area contributed by atoms with Gasteiger partial charge in [0.2, 0.25) is 0 Å². The molecule has 0 radical (unpaired) electrons. The summed E-state index contributed by atoms with van der Waals surface area (Å²) in [6, 6.07) is 0. The van der Waals surface area contributed by atoms with Gasteiger partial charge in [-0.05, 0) is 0 Å². The number of halogens is 4. The van der Waals surface area contributed by atoms with E-state index in [-0.39, 0.29) is 0 Å². The zero-order valence-electron chi connectivity index (χ0n) is 6.05. The topological polar surface area (TPSA) is 55.8 Å². The van der Waals surface area contributed by atoms with Crippen molar-refractivity contribution in [2.75, 3.05) is 6.61 Å². The summed E-state index contributed by atoms with van der Waals surface area (Å²) in [7, 11) is -5.40. The first kappa shape index (κ1) is 12.6. The lowest BCUT2D eigenvalue weighted by molar-refractivity contribution is -0.221. The summed E-state index contributed by atoms with van der Waals surface area (Å²) < 4.78 is 59.2. The van der Waals surface area contributed by atoms with Crippen LogP contribution >= 0.6 is 7.91 Å². The fourth-order valence-electron chi connectivity index (χ4n) is 0.244. The van der Waals surface area contributed by atoms with Gasteiger partial charge in [-0.25, -0.2) is 9.45 Å². The molecule has 4 nitrogen and oxygen atoms in total. The van der Waals surface area contributed by atoms with Gasteiger partial charge < -0.3 is 0 Å². The molecule has 0 bridgehead atoms. The highest BCUT2D eigenvalue weighted by atomic mass is 31.2. The first-order valence-corrected chi connectivity index (χ1v) is 4.18. The maximum absolute atomic E-state index is 11.6. The summed E-state index contributed by atoms with van der Waals surface area (Å²) >= 11 is 0. The molecule has 0 aromatic rings. The predicted octanol–water partition coefficient (Wildman–Crippen LogP) is 2.12. The largest absolute Gasteiger partial charge is 0.537 e. The van der Waals surface area contributed by atoms with Crippen LogP contribution in [-0.4, -0.2) is 17.7 Å². The molecule has 1 unspecified atom stereocenters. The van der Waals surface area contributed by atoms with E-state index in [2.05, 4.69) is 16.1 Å². The molecule has 0 heterocycles. The van der Waals surface area contributed by atoms with E-state index in [1.807, 2.05) is 0 Å². The molecule has 78 valence electrons. The van der Waals surface area contributed by atoms with Crippen molar-refractivity contribution in [2.24, 2.45) is 0 Å². The van der Waals surface area contributed by atoms with Crippen LogP contribution in [0, 0.1) is 0 Å². The Morgan fingerprint density at radius 2 is 2.00 bits per heavy atom. The van der Waals surface area contributed by atoms with Crippen molar-refractivity contribution in [1.29, 1.82) is 0 Å². The minimum Gasteiger partial charge on any atom is -0.298 e. The van der Waals surface area contributed by atoms with Crippen molar-refractivity contribution >= 4 is 7.91 Å². The van der Waals surface area contributed by atoms with E-state index >= 15 is 0 Å². The Labute approximate surface area is 70.3 Å². The predicted molar refractivity (Wildman–Crippen MR) is 33.2 cm³/mol. The molecule has 0 aromatic carbocycles. The SMILES string of the molecule is C=C(COOP(=O)(O)F)C(F)(F)F. The van der Waals surface area contributed by atoms with E-state index in [0.29, 0.717) is 0 Å². The molecular weight excluding hydrogens is 219 g/mol. The van der Waals surface area contributed by atoms with Crippen LogP contribution in [0.15, 0.2) is 12.2 Å². The Bertz CT molecular complexity index is 231. The van der Waals surface area contributed by atoms with Gasteiger partial charge >= 0.3 is 14.1 Å². The molecule has 0 saturated heterocycles. The van der Waals surface area contributed by atoms with Gasteiger partial charge in [0.25, 0.3) is 0 Å². The summed E-state index contributed by atoms with van der Waals surface area (Å²) in [4.78, 5) is 11.2. The lowest BCUT2D eigenvalue weighted by atomic mass is 10.3. The van der Waals surface area contributed by atoms with Crippen LogP contribution < -0.4 is 0 Å². The van der Waals surface area contributed by atoms with Crippen molar-refractivity contribution in [2.45, 2.75) is 6.18 Å². The Morgan fingerprint density at radius 1 is 1.54 bits per heavy atom. The van der Waals surface area contributed by atoms with E-state index in [0.717, 1.165) is 0 Å². The lowest BCUT2D eigenvalue weighted by Gasteiger charge is -2.08. The second-order valence-electron chi connectivity index (χ2n) is 1.89. The molecule has 13 heavy (non-hydrogen) atoms. The fourth-order valence-corrected chi connectivity index (χ4v) is 0.427. The normalized spacial score (nSPS) is 16.7. The first-order chi connectivity index (χ1) is 5.63. The van der Waals surface area contributed by atoms with E-state index < -0.39 is 26.3 Å². The maximum Gasteiger partial charge on any atom is 0.537 e. The van der Waals surface area contributed by atoms with Gasteiger partial charge in [0.15, 0.2) is 0 Å². The Kier molecular flexibility index (Phi) is 4.05. The van der Waals surface area contributed by atoms with Gasteiger partial charge in [-0.1, -0.05) is 6.58 Å². The molecule has 0 aliphatic carbocycles. The van der Waals surface area contributed by atoms with Crippen LogP contribution in [0.25, 0.3) is 0 Å². The van der Waals surface area contributed by atoms with Crippen LogP contribution in [0.4, 0.5) is 17.4 Å². The van der Waals surface area contributed by atoms with Crippen LogP contribution in [0.2, 0.25) is 0 Å². The maximum atomic E-state index is 11.6. The van der Waals surface area contributed by atoms with Crippen molar-refractivity contribution in [1.82, 2.24) is 0 Å². The molecule has 9 heteroatoms. The molecule has 0 spiro atoms. The van der Waals surface area contributed by atoms with E-state index in [9.17, 15) is 21.9 Å². The summed E-state index contributed by atoms with van der Waals surface area (Å²) in [5.74, 6) is 0. The fraction of sp³-hybridized carbons (Fsp3) is 0.500. The highest BCUT2D eigenvalue weighted by Crippen LogP contribution is 2.43. The van der Waals surface area contributed by atoms with Crippen LogP contribution in [0.1, 0.15) is 0 Å². The Hall–Kier alpha value is -0.430. The smallest absolute Gasteiger partial charge is 0.298 e. The minimum absolute atomic E-state index is 1.24. The van der Waals surface area contributed by atoms with Crippen LogP contribution in [-0.2, 0) is 14.1 Å². The van der Waals surface area contributed by atoms with Crippen molar-refractivity contribution in [3.8, 4) is 0 Å². The number of hydrogen-bond donors (Lipinski definition) is 1. The van der Waals surface area contributed by atoms with Gasteiger partial charge in [0, 0.05) is 0 Å². The van der Waals surface area contributed by atoms with Crippen LogP contribution in [0.5, 0.6) is 0 Å². The molecule has 0 rings (SSSR count). The van der Waals surface area contributed by atoms with Crippen molar-refractivity contribution in [3.05, 3.63) is 12.2 Å². The van der Waals surface area contributed by atoms with Gasteiger partial charge in [-0.3, -0.25) is 4.89 Å². The molecule has 0 aliphatic heterocycles. The van der Waals surface area contributed by atoms with Crippen LogP contribution in [0.3, 0.4) is 0 Å². The third kappa shape index (κ3) is 6.71. The average molecular weight is 224 g/mol. The molecule has 0 aliphatic rings. The molecule has 1 atom stereocenters. The zero-order chi connectivity index (χ0) is 10.7. The van der Waals surface area contributed by atoms with Gasteiger partial charge in [-0.15, -0.1) is 8.87 Å². The second-order valence-corrected chi connectivity index (χ2v) is 2.94. The minimum atomic E-state index is -5.40. The van der Waals surface area contributed by atoms with Gasteiger partial charge in [0.1, 0.15) is 6.61 Å². The summed E-state index contributed by atoms with van der Waals surface area (Å²) in [5, 5.41) is 0. The first-order valence-electron chi connectivity index (χ1n) is 2.71. The number of alkyl halides is 3. The summed E-state index contributed by atoms with van der Waals surface area (Å²) in [5.41, 5.74) is -1.36. The van der Waals surface area contributed by atoms with Gasteiger partial charge in [-0.2, -0.15) is 13.2 Å². The molecular formula is C4H5F4O4P. The van der Waals surface area contributed by atoms with Crippen molar-refractivity contribution < 1.29 is 36.4 Å². The van der Waals surface area contributed by atoms with Gasteiger partial charge in [0.05, 0.1) is 5.57 Å². The Morgan fingerprint density at radius 3 is 2.31 bits per heavy atom. The number of hydrogen-bond acceptors (Lipinski definition) is 3. The summed E-state index contributed by atoms with van der Waals surface area (Å²) in [6.45, 7) is 1.28. The highest BCUT2D eigenvalue weighted by molar-refractivity contribution is 7.46. The Balaban J connectivity index is 3.80. The molecule has 0 fully saturated rings.